The fourth-order valence-corrected chi connectivity index (χ4v) is 2.26. The molecule has 0 aliphatic heterocycles. The molecule has 0 aliphatic rings. The fourth-order valence-electron chi connectivity index (χ4n) is 2.26. The van der Waals surface area contributed by atoms with E-state index < -0.39 is 0 Å². The number of phenols is 1. The molecule has 0 bridgehead atoms. The first kappa shape index (κ1) is 17.3. The second-order valence-electron chi connectivity index (χ2n) is 5.15. The maximum Gasteiger partial charge on any atom is 0.121 e. The number of hydrogen-bond acceptors (Lipinski definition) is 1. The summed E-state index contributed by atoms with van der Waals surface area (Å²) in [6.45, 7) is 5.33. The number of aryl methyl sites for hydroxylation is 2. The van der Waals surface area contributed by atoms with Gasteiger partial charge in [-0.2, -0.15) is 0 Å². The first-order valence-electron chi connectivity index (χ1n) is 6.71. The van der Waals surface area contributed by atoms with Gasteiger partial charge in [0.2, 0.25) is 0 Å². The number of benzene rings is 1. The number of aromatic hydroxyl groups is 1. The zero-order valence-corrected chi connectivity index (χ0v) is 12.8. The van der Waals surface area contributed by atoms with Gasteiger partial charge in [0.15, 0.2) is 0 Å². The van der Waals surface area contributed by atoms with Crippen molar-refractivity contribution in [3.8, 4) is 5.75 Å². The van der Waals surface area contributed by atoms with E-state index in [-0.39, 0.29) is 12.4 Å². The van der Waals surface area contributed by atoms with Crippen LogP contribution in [0.5, 0.6) is 5.75 Å². The molecular formula is C15H26ClNO. The van der Waals surface area contributed by atoms with E-state index in [1.807, 2.05) is 0 Å². The summed E-state index contributed by atoms with van der Waals surface area (Å²) in [6, 6.07) is 4.34. The van der Waals surface area contributed by atoms with Crippen LogP contribution in [0, 0.1) is 0 Å². The minimum Gasteiger partial charge on any atom is -1.00 e. The van der Waals surface area contributed by atoms with E-state index in [0.717, 1.165) is 43.4 Å². The van der Waals surface area contributed by atoms with Crippen LogP contribution in [0.2, 0.25) is 0 Å². The van der Waals surface area contributed by atoms with Gasteiger partial charge in [-0.1, -0.05) is 26.7 Å². The van der Waals surface area contributed by atoms with Crippen molar-refractivity contribution in [1.82, 2.24) is 0 Å². The molecule has 3 heteroatoms. The third-order valence-electron chi connectivity index (χ3n) is 2.92. The van der Waals surface area contributed by atoms with Crippen molar-refractivity contribution < 1.29 is 22.4 Å². The first-order chi connectivity index (χ1) is 8.08. The van der Waals surface area contributed by atoms with E-state index >= 15 is 0 Å². The predicted molar refractivity (Wildman–Crippen MR) is 72.6 cm³/mol. The second kappa shape index (κ2) is 8.39. The molecule has 2 N–H and O–H groups in total. The minimum absolute atomic E-state index is 0. The molecule has 1 aromatic rings. The smallest absolute Gasteiger partial charge is 0.121 e. The standard InChI is InChI=1S/C15H25NO.ClH/c1-5-7-13-9-12(11-16(3)4)10-14(8-6-2)15(13)17;/h9-10,17H,5-8,11H2,1-4H3;1H. The van der Waals surface area contributed by atoms with Gasteiger partial charge >= 0.3 is 0 Å². The Morgan fingerprint density at radius 3 is 1.78 bits per heavy atom. The lowest BCUT2D eigenvalue weighted by atomic mass is 9.98. The van der Waals surface area contributed by atoms with Crippen molar-refractivity contribution in [1.29, 1.82) is 0 Å². The zero-order valence-electron chi connectivity index (χ0n) is 12.0. The molecule has 0 heterocycles. The molecule has 0 radical (unpaired) electrons. The molecule has 0 saturated carbocycles. The van der Waals surface area contributed by atoms with Gasteiger partial charge in [0.05, 0.1) is 14.1 Å². The fraction of sp³-hybridized carbons (Fsp3) is 0.600. The van der Waals surface area contributed by atoms with Crippen molar-refractivity contribution in [2.45, 2.75) is 46.1 Å². The molecule has 0 atom stereocenters. The van der Waals surface area contributed by atoms with E-state index in [0.29, 0.717) is 5.75 Å². The lowest BCUT2D eigenvalue weighted by molar-refractivity contribution is -0.872. The highest BCUT2D eigenvalue weighted by atomic mass is 35.5. The topological polar surface area (TPSA) is 24.7 Å². The molecule has 1 aromatic carbocycles. The Balaban J connectivity index is 0.00000289. The average Bonchev–Trinajstić information content (AvgIpc) is 2.24. The Morgan fingerprint density at radius 2 is 1.44 bits per heavy atom. The summed E-state index contributed by atoms with van der Waals surface area (Å²) in [6.07, 6.45) is 4.10. The van der Waals surface area contributed by atoms with Crippen molar-refractivity contribution in [2.75, 3.05) is 14.1 Å². The third kappa shape index (κ3) is 4.87. The van der Waals surface area contributed by atoms with Gasteiger partial charge < -0.3 is 22.4 Å². The van der Waals surface area contributed by atoms with Gasteiger partial charge in [-0.3, -0.25) is 0 Å². The van der Waals surface area contributed by atoms with Gasteiger partial charge in [-0.05, 0) is 36.1 Å². The van der Waals surface area contributed by atoms with Gasteiger partial charge in [0.1, 0.15) is 12.3 Å². The van der Waals surface area contributed by atoms with Crippen LogP contribution < -0.4 is 17.3 Å². The Kier molecular flexibility index (Phi) is 8.05. The van der Waals surface area contributed by atoms with Crippen LogP contribution in [0.15, 0.2) is 12.1 Å². The lowest BCUT2D eigenvalue weighted by Crippen LogP contribution is -3.04. The van der Waals surface area contributed by atoms with Gasteiger partial charge in [-0.25, -0.2) is 0 Å². The minimum atomic E-state index is 0. The van der Waals surface area contributed by atoms with Crippen LogP contribution >= 0.6 is 0 Å². The maximum atomic E-state index is 10.2. The Bertz CT molecular complexity index is 337. The van der Waals surface area contributed by atoms with Crippen LogP contribution in [0.3, 0.4) is 0 Å². The summed E-state index contributed by atoms with van der Waals surface area (Å²) in [5.41, 5.74) is 3.58. The first-order valence-corrected chi connectivity index (χ1v) is 6.71. The van der Waals surface area contributed by atoms with Crippen LogP contribution in [-0.2, 0) is 19.4 Å². The highest BCUT2D eigenvalue weighted by Gasteiger charge is 2.10. The molecule has 18 heavy (non-hydrogen) atoms. The molecule has 0 spiro atoms. The monoisotopic (exact) mass is 271 g/mol. The van der Waals surface area contributed by atoms with E-state index in [1.165, 1.54) is 10.5 Å². The molecule has 104 valence electrons. The Labute approximate surface area is 117 Å². The summed E-state index contributed by atoms with van der Waals surface area (Å²) < 4.78 is 0. The van der Waals surface area contributed by atoms with E-state index in [4.69, 9.17) is 0 Å². The molecule has 0 unspecified atom stereocenters. The third-order valence-corrected chi connectivity index (χ3v) is 2.92. The van der Waals surface area contributed by atoms with Crippen LogP contribution in [0.25, 0.3) is 0 Å². The number of phenolic OH excluding ortho intramolecular Hbond substituents is 1. The highest BCUT2D eigenvalue weighted by molar-refractivity contribution is 5.43. The quantitative estimate of drug-likeness (QED) is 0.678. The highest BCUT2D eigenvalue weighted by Crippen LogP contribution is 2.26. The lowest BCUT2D eigenvalue weighted by Gasteiger charge is -2.14. The number of quaternary nitrogens is 1. The second-order valence-corrected chi connectivity index (χ2v) is 5.15. The molecule has 0 aromatic heterocycles. The van der Waals surface area contributed by atoms with Crippen LogP contribution in [0.4, 0.5) is 0 Å². The van der Waals surface area contributed by atoms with Gasteiger partial charge in [0, 0.05) is 5.56 Å². The Morgan fingerprint density at radius 1 is 1.00 bits per heavy atom. The molecule has 0 fully saturated rings. The number of halogens is 1. The Hall–Kier alpha value is -0.730. The molecule has 1 rings (SSSR count). The molecule has 0 saturated heterocycles. The van der Waals surface area contributed by atoms with Crippen molar-refractivity contribution >= 4 is 0 Å². The number of nitrogens with one attached hydrogen (secondary N) is 1. The SMILES string of the molecule is CCCc1cc(C[NH+](C)C)cc(CCC)c1O.[Cl-]. The van der Waals surface area contributed by atoms with Gasteiger partial charge in [-0.15, -0.1) is 0 Å². The van der Waals surface area contributed by atoms with Gasteiger partial charge in [0.25, 0.3) is 0 Å². The van der Waals surface area contributed by atoms with Crippen molar-refractivity contribution in [2.24, 2.45) is 0 Å². The maximum absolute atomic E-state index is 10.2. The molecule has 2 nitrogen and oxygen atoms in total. The van der Waals surface area contributed by atoms with E-state index in [9.17, 15) is 5.11 Å². The summed E-state index contributed by atoms with van der Waals surface area (Å²) in [7, 11) is 4.32. The zero-order chi connectivity index (χ0) is 12.8. The normalized spacial score (nSPS) is 10.5. The molecule has 0 aliphatic carbocycles. The van der Waals surface area contributed by atoms with Crippen molar-refractivity contribution in [3.05, 3.63) is 28.8 Å². The van der Waals surface area contributed by atoms with Crippen molar-refractivity contribution in [3.63, 3.8) is 0 Å². The molecule has 0 amide bonds. The summed E-state index contributed by atoms with van der Waals surface area (Å²) in [5.74, 6) is 0.534. The van der Waals surface area contributed by atoms with E-state index in [1.54, 1.807) is 0 Å². The number of hydrogen-bond donors (Lipinski definition) is 2. The largest absolute Gasteiger partial charge is 1.00 e. The van der Waals surface area contributed by atoms with Crippen LogP contribution in [-0.4, -0.2) is 19.2 Å². The summed E-state index contributed by atoms with van der Waals surface area (Å²) >= 11 is 0. The average molecular weight is 272 g/mol. The molecular weight excluding hydrogens is 246 g/mol. The van der Waals surface area contributed by atoms with E-state index in [2.05, 4.69) is 40.1 Å². The number of rotatable bonds is 6. The van der Waals surface area contributed by atoms with Crippen LogP contribution in [0.1, 0.15) is 43.4 Å². The predicted octanol–water partition coefficient (Wildman–Crippen LogP) is -1.05. The summed E-state index contributed by atoms with van der Waals surface area (Å²) in [4.78, 5) is 1.42. The summed E-state index contributed by atoms with van der Waals surface area (Å²) in [5, 5.41) is 10.2.